The summed E-state index contributed by atoms with van der Waals surface area (Å²) in [4.78, 5) is 10.4. The summed E-state index contributed by atoms with van der Waals surface area (Å²) in [5, 5.41) is 17.7. The fourth-order valence-electron chi connectivity index (χ4n) is 9.66. The van der Waals surface area contributed by atoms with E-state index in [-0.39, 0.29) is 31.1 Å². The van der Waals surface area contributed by atoms with Crippen LogP contribution in [0.4, 0.5) is 0 Å². The van der Waals surface area contributed by atoms with E-state index in [1.54, 1.807) is 0 Å². The molecule has 6 nitrogen and oxygen atoms in total. The predicted molar refractivity (Wildman–Crippen MR) is 276 cm³/mol. The largest absolute Gasteiger partial charge is 2.00 e. The number of para-hydroxylation sites is 3. The number of amidine groups is 1. The van der Waals surface area contributed by atoms with E-state index in [1.807, 2.05) is 97.1 Å². The number of nitrogens with zero attached hydrogens (tertiary/aromatic N) is 5. The Morgan fingerprint density at radius 3 is 2.07 bits per heavy atom. The number of furan rings is 1. The molecule has 3 aromatic heterocycles. The maximum Gasteiger partial charge on any atom is 2.00 e. The summed E-state index contributed by atoms with van der Waals surface area (Å²) in [6, 6.07) is 75.3. The molecule has 0 aliphatic rings. The van der Waals surface area contributed by atoms with Crippen LogP contribution in [0.1, 0.15) is 35.6 Å². The van der Waals surface area contributed by atoms with Gasteiger partial charge in [0.15, 0.2) is 5.84 Å². The molecule has 0 fully saturated rings. The van der Waals surface area contributed by atoms with Gasteiger partial charge in [-0.25, -0.2) is 21.1 Å². The third-order valence-corrected chi connectivity index (χ3v) is 12.8. The molecule has 0 saturated heterocycles. The Labute approximate surface area is 416 Å². The number of benzene rings is 9. The summed E-state index contributed by atoms with van der Waals surface area (Å²) >= 11 is 0. The molecule has 0 spiro atoms. The van der Waals surface area contributed by atoms with Gasteiger partial charge in [0.1, 0.15) is 17.2 Å². The molecule has 0 aliphatic heterocycles. The third-order valence-electron chi connectivity index (χ3n) is 12.8. The Kier molecular flexibility index (Phi) is 11.1. The number of fused-ring (bicyclic) bond motifs is 10. The van der Waals surface area contributed by atoms with Gasteiger partial charge in [-0.1, -0.05) is 104 Å². The van der Waals surface area contributed by atoms with Crippen molar-refractivity contribution in [3.05, 3.63) is 235 Å². The van der Waals surface area contributed by atoms with Crippen molar-refractivity contribution in [2.45, 2.75) is 13.3 Å². The molecule has 68 heavy (non-hydrogen) atoms. The first-order valence-corrected chi connectivity index (χ1v) is 22.4. The Morgan fingerprint density at radius 2 is 1.28 bits per heavy atom. The maximum absolute atomic E-state index is 11.2. The minimum absolute atomic E-state index is 0. The van der Waals surface area contributed by atoms with Crippen molar-refractivity contribution in [3.63, 3.8) is 0 Å². The van der Waals surface area contributed by atoms with E-state index in [2.05, 4.69) is 138 Å². The van der Waals surface area contributed by atoms with Crippen molar-refractivity contribution < 1.29 is 35.5 Å². The van der Waals surface area contributed by atoms with Gasteiger partial charge in [-0.05, 0) is 83.9 Å². The van der Waals surface area contributed by atoms with Crippen LogP contribution in [0.25, 0.3) is 93.7 Å². The van der Waals surface area contributed by atoms with Crippen LogP contribution in [0.15, 0.2) is 215 Å². The predicted octanol–water partition coefficient (Wildman–Crippen LogP) is 15.2. The van der Waals surface area contributed by atoms with Crippen molar-refractivity contribution in [2.24, 2.45) is 9.98 Å². The summed E-state index contributed by atoms with van der Waals surface area (Å²) in [7, 11) is 0. The molecule has 0 atom stereocenters. The van der Waals surface area contributed by atoms with Gasteiger partial charge in [0.25, 0.3) is 0 Å². The average Bonchev–Trinajstić information content (AvgIpc) is 4.05. The fraction of sp³-hybridized carbons (Fsp3) is 0.0328. The van der Waals surface area contributed by atoms with Gasteiger partial charge in [0, 0.05) is 43.6 Å². The topological polar surface area (TPSA) is 71.5 Å². The second kappa shape index (κ2) is 17.7. The zero-order chi connectivity index (χ0) is 45.0. The summed E-state index contributed by atoms with van der Waals surface area (Å²) in [6.45, 7) is 6.49. The molecule has 12 aromatic rings. The second-order valence-corrected chi connectivity index (χ2v) is 16.6. The van der Waals surface area contributed by atoms with Crippen molar-refractivity contribution in [3.8, 4) is 28.6 Å². The van der Waals surface area contributed by atoms with Crippen LogP contribution < -0.4 is 0 Å². The van der Waals surface area contributed by atoms with Crippen LogP contribution in [0, 0.1) is 54.6 Å². The van der Waals surface area contributed by atoms with E-state index in [4.69, 9.17) is 14.4 Å². The first kappa shape index (κ1) is 42.6. The van der Waals surface area contributed by atoms with Crippen molar-refractivity contribution in [2.75, 3.05) is 0 Å². The summed E-state index contributed by atoms with van der Waals surface area (Å²) in [5.41, 5.74) is 14.0. The van der Waals surface area contributed by atoms with Crippen molar-refractivity contribution in [1.29, 1.82) is 5.26 Å². The van der Waals surface area contributed by atoms with Crippen LogP contribution in [0.2, 0.25) is 0 Å². The van der Waals surface area contributed by atoms with E-state index in [0.29, 0.717) is 29.1 Å². The molecule has 9 aromatic carbocycles. The van der Waals surface area contributed by atoms with Crippen molar-refractivity contribution >= 4 is 82.8 Å². The molecule has 7 heteroatoms. The van der Waals surface area contributed by atoms with E-state index in [9.17, 15) is 5.26 Å². The molecule has 3 heterocycles. The van der Waals surface area contributed by atoms with Gasteiger partial charge in [0.05, 0.1) is 39.0 Å². The number of aliphatic imine (C=N–C) groups is 2. The van der Waals surface area contributed by atoms with Crippen LogP contribution in [-0.4, -0.2) is 20.7 Å². The van der Waals surface area contributed by atoms with Crippen LogP contribution in [0.5, 0.6) is 0 Å². The van der Waals surface area contributed by atoms with Gasteiger partial charge < -0.3 is 13.6 Å². The molecular formula is C61H39N5OU. The van der Waals surface area contributed by atoms with Gasteiger partial charge in [-0.2, -0.15) is 47.7 Å². The Hall–Kier alpha value is -8.00. The molecule has 0 radical (unpaired) electrons. The molecule has 0 unspecified atom stereocenters. The Bertz CT molecular complexity index is 4050. The molecule has 0 bridgehead atoms. The molecule has 0 N–H and O–H groups in total. The number of hydrogen-bond acceptors (Lipinski definition) is 3. The van der Waals surface area contributed by atoms with Gasteiger partial charge in [-0.3, -0.25) is 0 Å². The zero-order valence-corrected chi connectivity index (χ0v) is 41.2. The second-order valence-electron chi connectivity index (χ2n) is 16.6. The fourth-order valence-corrected chi connectivity index (χ4v) is 9.66. The SMILES string of the molecule is C=C(N=C(N=C(CC)c1ccc2oc3ccccc3c2c1)c1ccc(-n2c3ccccc3c3ccc4c(c5ccccc5n4-c4cc[c-]c(-c5[c-]cccc5)c4)c32)c(C#N)c1)c1ccccc1.[U+2]. The molecule has 318 valence electrons. The summed E-state index contributed by atoms with van der Waals surface area (Å²) < 4.78 is 10.8. The van der Waals surface area contributed by atoms with Gasteiger partial charge >= 0.3 is 31.1 Å². The maximum atomic E-state index is 11.2. The van der Waals surface area contributed by atoms with Crippen molar-refractivity contribution in [1.82, 2.24) is 9.13 Å². The zero-order valence-electron chi connectivity index (χ0n) is 37.0. The summed E-state index contributed by atoms with van der Waals surface area (Å²) in [5.74, 6) is 0.464. The van der Waals surface area contributed by atoms with E-state index in [0.717, 1.165) is 105 Å². The summed E-state index contributed by atoms with van der Waals surface area (Å²) in [6.07, 6.45) is 0.638. The molecular weight excluding hydrogens is 1060 g/mol. The average molecular weight is 1100 g/mol. The van der Waals surface area contributed by atoms with Crippen LogP contribution in [-0.2, 0) is 0 Å². The quantitative estimate of drug-likeness (QED) is 0.0864. The minimum atomic E-state index is 0. The van der Waals surface area contributed by atoms with Gasteiger partial charge in [-0.15, -0.1) is 12.1 Å². The Balaban J connectivity index is 0.00000507. The molecule has 12 rings (SSSR count). The van der Waals surface area contributed by atoms with E-state index >= 15 is 0 Å². The molecule has 0 aliphatic carbocycles. The molecule has 0 amide bonds. The normalized spacial score (nSPS) is 12.1. The molecule has 0 saturated carbocycles. The number of hydrogen-bond donors (Lipinski definition) is 0. The standard InChI is InChI=1S/C61H39N5O.U/c1-3-52(43-30-34-58-51(37-43)48-24-12-15-28-57(48)67-58)64-61(63-39(2)40-17-6-4-7-18-40)44-29-32-53(45(35-44)38-62)66-54-26-13-10-23-47(54)49-31-33-56-59(60(49)66)50-25-11-14-27-55(50)65(56)46-22-16-21-42(36-46)41-19-8-5-9-20-41;/h4-19,22-37H,2-3H2,1H3;/q-2;+2. The third kappa shape index (κ3) is 7.18. The van der Waals surface area contributed by atoms with Crippen LogP contribution in [0.3, 0.4) is 0 Å². The van der Waals surface area contributed by atoms with E-state index < -0.39 is 0 Å². The number of rotatable bonds is 8. The number of nitriles is 1. The minimum Gasteiger partial charge on any atom is -0.456 e. The van der Waals surface area contributed by atoms with E-state index in [1.165, 1.54) is 0 Å². The number of aromatic nitrogens is 2. The van der Waals surface area contributed by atoms with Crippen LogP contribution >= 0.6 is 0 Å². The first-order chi connectivity index (χ1) is 33.1. The monoisotopic (exact) mass is 1100 g/mol. The smallest absolute Gasteiger partial charge is 0.456 e. The Morgan fingerprint density at radius 1 is 0.574 bits per heavy atom. The first-order valence-electron chi connectivity index (χ1n) is 22.4. The van der Waals surface area contributed by atoms with Gasteiger partial charge in [0.2, 0.25) is 0 Å².